The summed E-state index contributed by atoms with van der Waals surface area (Å²) in [6.45, 7) is 8.17. The van der Waals surface area contributed by atoms with Crippen LogP contribution < -0.4 is 5.32 Å². The Morgan fingerprint density at radius 3 is 2.46 bits per heavy atom. The topological polar surface area (TPSA) is 72.7 Å². The number of amides is 1. The van der Waals surface area contributed by atoms with E-state index in [2.05, 4.69) is 52.0 Å². The molecule has 2 aromatic carbocycles. The predicted octanol–water partition coefficient (Wildman–Crippen LogP) is 3.81. The molecule has 28 heavy (non-hydrogen) atoms. The van der Waals surface area contributed by atoms with E-state index in [9.17, 15) is 4.79 Å². The Morgan fingerprint density at radius 1 is 1.14 bits per heavy atom. The van der Waals surface area contributed by atoms with Gasteiger partial charge in [0.1, 0.15) is 0 Å². The SMILES string of the molecule is CCc1ccc(C(C)NC(=O)CSc2nnnn2-c2c(C)cccc2C)cc1. The van der Waals surface area contributed by atoms with Gasteiger partial charge in [0.15, 0.2) is 0 Å². The van der Waals surface area contributed by atoms with Gasteiger partial charge in [0, 0.05) is 0 Å². The van der Waals surface area contributed by atoms with E-state index in [0.717, 1.165) is 28.8 Å². The summed E-state index contributed by atoms with van der Waals surface area (Å²) in [5, 5.41) is 15.6. The van der Waals surface area contributed by atoms with E-state index in [1.54, 1.807) is 4.68 Å². The standard InChI is InChI=1S/C21H25N5OS/c1-5-17-9-11-18(12-10-17)16(4)22-19(27)13-28-21-23-24-25-26(21)20-14(2)7-6-8-15(20)3/h6-12,16H,5,13H2,1-4H3,(H,22,27). The molecule has 0 aliphatic heterocycles. The van der Waals surface area contributed by atoms with Gasteiger partial charge in [-0.05, 0) is 59.9 Å². The normalized spacial score (nSPS) is 12.0. The number of tetrazole rings is 1. The van der Waals surface area contributed by atoms with Gasteiger partial charge in [-0.3, -0.25) is 4.79 Å². The number of thioether (sulfide) groups is 1. The van der Waals surface area contributed by atoms with Crippen LogP contribution in [-0.2, 0) is 11.2 Å². The minimum absolute atomic E-state index is 0.0476. The van der Waals surface area contributed by atoms with Crippen molar-refractivity contribution in [1.82, 2.24) is 25.5 Å². The second kappa shape index (κ2) is 9.01. The molecule has 0 radical (unpaired) electrons. The first-order valence-electron chi connectivity index (χ1n) is 9.35. The summed E-state index contributed by atoms with van der Waals surface area (Å²) in [4.78, 5) is 12.4. The van der Waals surface area contributed by atoms with Gasteiger partial charge >= 0.3 is 0 Å². The van der Waals surface area contributed by atoms with Crippen LogP contribution in [0.25, 0.3) is 5.69 Å². The molecule has 0 bridgehead atoms. The zero-order valence-electron chi connectivity index (χ0n) is 16.6. The molecule has 1 unspecified atom stereocenters. The summed E-state index contributed by atoms with van der Waals surface area (Å²) in [7, 11) is 0. The summed E-state index contributed by atoms with van der Waals surface area (Å²) in [6, 6.07) is 14.3. The van der Waals surface area contributed by atoms with E-state index in [4.69, 9.17) is 0 Å². The van der Waals surface area contributed by atoms with Crippen LogP contribution in [0.15, 0.2) is 47.6 Å². The van der Waals surface area contributed by atoms with Gasteiger partial charge in [-0.15, -0.1) is 5.10 Å². The van der Waals surface area contributed by atoms with E-state index in [0.29, 0.717) is 5.16 Å². The quantitative estimate of drug-likeness (QED) is 0.616. The smallest absolute Gasteiger partial charge is 0.230 e. The Kier molecular flexibility index (Phi) is 6.46. The fourth-order valence-corrected chi connectivity index (χ4v) is 3.78. The van der Waals surface area contributed by atoms with Gasteiger partial charge in [-0.25, -0.2) is 0 Å². The number of hydrogen-bond donors (Lipinski definition) is 1. The van der Waals surface area contributed by atoms with E-state index < -0.39 is 0 Å². The highest BCUT2D eigenvalue weighted by Gasteiger charge is 2.16. The van der Waals surface area contributed by atoms with Crippen LogP contribution in [0.2, 0.25) is 0 Å². The zero-order chi connectivity index (χ0) is 20.1. The second-order valence-corrected chi connectivity index (χ2v) is 7.73. The van der Waals surface area contributed by atoms with Crippen LogP contribution in [0.1, 0.15) is 42.1 Å². The highest BCUT2D eigenvalue weighted by molar-refractivity contribution is 7.99. The van der Waals surface area contributed by atoms with Crippen molar-refractivity contribution >= 4 is 17.7 Å². The number of hydrogen-bond acceptors (Lipinski definition) is 5. The van der Waals surface area contributed by atoms with Crippen molar-refractivity contribution < 1.29 is 4.79 Å². The van der Waals surface area contributed by atoms with Crippen LogP contribution in [0.4, 0.5) is 0 Å². The molecule has 0 saturated carbocycles. The molecule has 0 fully saturated rings. The fraction of sp³-hybridized carbons (Fsp3) is 0.333. The summed E-state index contributed by atoms with van der Waals surface area (Å²) >= 11 is 1.33. The Labute approximate surface area is 169 Å². The highest BCUT2D eigenvalue weighted by Crippen LogP contribution is 2.23. The van der Waals surface area contributed by atoms with Gasteiger partial charge in [0.05, 0.1) is 17.5 Å². The van der Waals surface area contributed by atoms with Gasteiger partial charge in [-0.2, -0.15) is 4.68 Å². The molecule has 0 aliphatic rings. The van der Waals surface area contributed by atoms with E-state index in [1.807, 2.05) is 39.0 Å². The molecular formula is C21H25N5OS. The Balaban J connectivity index is 1.63. The number of carbonyl (C=O) groups is 1. The maximum absolute atomic E-state index is 12.4. The van der Waals surface area contributed by atoms with Gasteiger partial charge in [0.25, 0.3) is 0 Å². The van der Waals surface area contributed by atoms with Crippen LogP contribution >= 0.6 is 11.8 Å². The molecule has 1 N–H and O–H groups in total. The third kappa shape index (κ3) is 4.59. The third-order valence-corrected chi connectivity index (χ3v) is 5.61. The number of aryl methyl sites for hydroxylation is 3. The molecule has 0 saturated heterocycles. The number of nitrogens with zero attached hydrogens (tertiary/aromatic N) is 4. The molecule has 7 heteroatoms. The molecule has 0 aliphatic carbocycles. The van der Waals surface area contributed by atoms with E-state index >= 15 is 0 Å². The molecule has 146 valence electrons. The lowest BCUT2D eigenvalue weighted by Gasteiger charge is -2.15. The molecule has 1 aromatic heterocycles. The zero-order valence-corrected chi connectivity index (χ0v) is 17.5. The average Bonchev–Trinajstić information content (AvgIpc) is 3.14. The lowest BCUT2D eigenvalue weighted by atomic mass is 10.1. The van der Waals surface area contributed by atoms with Gasteiger partial charge in [0.2, 0.25) is 11.1 Å². The Hall–Kier alpha value is -2.67. The van der Waals surface area contributed by atoms with Crippen molar-refractivity contribution in [2.75, 3.05) is 5.75 Å². The summed E-state index contributed by atoms with van der Waals surface area (Å²) in [6.07, 6.45) is 1.01. The summed E-state index contributed by atoms with van der Waals surface area (Å²) in [5.74, 6) is 0.205. The minimum atomic E-state index is -0.0480. The van der Waals surface area contributed by atoms with E-state index in [1.165, 1.54) is 17.3 Å². The first-order chi connectivity index (χ1) is 13.5. The molecule has 1 heterocycles. The van der Waals surface area contributed by atoms with Crippen LogP contribution in [0, 0.1) is 13.8 Å². The predicted molar refractivity (Wildman–Crippen MR) is 112 cm³/mol. The Morgan fingerprint density at radius 2 is 1.82 bits per heavy atom. The van der Waals surface area contributed by atoms with E-state index in [-0.39, 0.29) is 17.7 Å². The summed E-state index contributed by atoms with van der Waals surface area (Å²) < 4.78 is 1.70. The first kappa shape index (κ1) is 20.1. The second-order valence-electron chi connectivity index (χ2n) is 6.79. The molecule has 3 rings (SSSR count). The number of rotatable bonds is 7. The fourth-order valence-electron chi connectivity index (χ4n) is 3.09. The van der Waals surface area contributed by atoms with Crippen molar-refractivity contribution in [3.05, 3.63) is 64.7 Å². The minimum Gasteiger partial charge on any atom is -0.349 e. The van der Waals surface area contributed by atoms with Crippen molar-refractivity contribution in [2.24, 2.45) is 0 Å². The van der Waals surface area contributed by atoms with Crippen LogP contribution in [0.3, 0.4) is 0 Å². The molecule has 6 nitrogen and oxygen atoms in total. The maximum Gasteiger partial charge on any atom is 0.230 e. The highest BCUT2D eigenvalue weighted by atomic mass is 32.2. The number of nitrogens with one attached hydrogen (secondary N) is 1. The van der Waals surface area contributed by atoms with Crippen molar-refractivity contribution in [1.29, 1.82) is 0 Å². The average molecular weight is 396 g/mol. The lowest BCUT2D eigenvalue weighted by molar-refractivity contribution is -0.119. The third-order valence-electron chi connectivity index (χ3n) is 4.69. The molecular weight excluding hydrogens is 370 g/mol. The van der Waals surface area contributed by atoms with Crippen molar-refractivity contribution in [3.63, 3.8) is 0 Å². The van der Waals surface area contributed by atoms with Gasteiger partial charge in [-0.1, -0.05) is 61.2 Å². The number of benzene rings is 2. The van der Waals surface area contributed by atoms with Gasteiger partial charge < -0.3 is 5.32 Å². The lowest BCUT2D eigenvalue weighted by Crippen LogP contribution is -2.28. The van der Waals surface area contributed by atoms with Crippen LogP contribution in [-0.4, -0.2) is 31.9 Å². The number of para-hydroxylation sites is 1. The first-order valence-corrected chi connectivity index (χ1v) is 10.3. The molecule has 1 amide bonds. The maximum atomic E-state index is 12.4. The largest absolute Gasteiger partial charge is 0.349 e. The monoisotopic (exact) mass is 395 g/mol. The van der Waals surface area contributed by atoms with Crippen molar-refractivity contribution in [2.45, 2.75) is 45.3 Å². The van der Waals surface area contributed by atoms with Crippen molar-refractivity contribution in [3.8, 4) is 5.69 Å². The molecule has 0 spiro atoms. The Bertz CT molecular complexity index is 931. The van der Waals surface area contributed by atoms with Crippen LogP contribution in [0.5, 0.6) is 0 Å². The summed E-state index contributed by atoms with van der Waals surface area (Å²) in [5.41, 5.74) is 5.51. The number of aromatic nitrogens is 4. The number of carbonyl (C=O) groups excluding carboxylic acids is 1. The molecule has 3 aromatic rings. The molecule has 1 atom stereocenters.